The number of nitrogens with zero attached hydrogens (tertiary/aromatic N) is 1. The molecule has 0 aromatic carbocycles. The van der Waals surface area contributed by atoms with Crippen molar-refractivity contribution in [3.8, 4) is 0 Å². The summed E-state index contributed by atoms with van der Waals surface area (Å²) in [6.45, 7) is 22.3. The lowest BCUT2D eigenvalue weighted by atomic mass is 9.32. The third-order valence-corrected chi connectivity index (χ3v) is 17.2. The number of carbonyl (C=O) groups is 3. The summed E-state index contributed by atoms with van der Waals surface area (Å²) < 4.78 is 6.18. The van der Waals surface area contributed by atoms with Gasteiger partial charge in [0.05, 0.1) is 28.5 Å². The van der Waals surface area contributed by atoms with Gasteiger partial charge < -0.3 is 15.2 Å². The summed E-state index contributed by atoms with van der Waals surface area (Å²) in [7, 11) is 0. The van der Waals surface area contributed by atoms with Crippen molar-refractivity contribution >= 4 is 17.8 Å². The number of aromatic nitrogens is 1. The number of rotatable bonds is 8. The maximum Gasteiger partial charge on any atom is 0.309 e. The van der Waals surface area contributed by atoms with E-state index in [1.54, 1.807) is 13.8 Å². The molecule has 1 aromatic rings. The molecule has 7 nitrogen and oxygen atoms in total. The van der Waals surface area contributed by atoms with Gasteiger partial charge in [0.15, 0.2) is 0 Å². The van der Waals surface area contributed by atoms with Gasteiger partial charge in [-0.1, -0.05) is 52.8 Å². The van der Waals surface area contributed by atoms with E-state index < -0.39 is 17.4 Å². The van der Waals surface area contributed by atoms with Crippen LogP contribution in [0.4, 0.5) is 0 Å². The third kappa shape index (κ3) is 5.30. The van der Waals surface area contributed by atoms with Crippen molar-refractivity contribution in [3.05, 3.63) is 42.2 Å². The Labute approximate surface area is 306 Å². The number of fused-ring (bicyclic) bond motifs is 7. The number of esters is 1. The van der Waals surface area contributed by atoms with Crippen LogP contribution in [0.15, 0.2) is 36.5 Å². The zero-order valence-corrected chi connectivity index (χ0v) is 32.7. The fraction of sp³-hybridized carbons (Fsp3) is 0.773. The highest BCUT2D eigenvalue weighted by atomic mass is 16.5. The number of ether oxygens (including phenoxy) is 1. The van der Waals surface area contributed by atoms with E-state index in [-0.39, 0.29) is 51.0 Å². The highest BCUT2D eigenvalue weighted by Gasteiger charge is 2.72. The molecule has 280 valence electrons. The summed E-state index contributed by atoms with van der Waals surface area (Å²) >= 11 is 0. The predicted octanol–water partition coefficient (Wildman–Crippen LogP) is 9.26. The molecule has 0 saturated heterocycles. The minimum Gasteiger partial charge on any atom is -0.481 e. The monoisotopic (exact) mass is 700 g/mol. The average molecular weight is 701 g/mol. The second-order valence-corrected chi connectivity index (χ2v) is 20.3. The van der Waals surface area contributed by atoms with Crippen molar-refractivity contribution in [1.29, 1.82) is 0 Å². The van der Waals surface area contributed by atoms with Gasteiger partial charge in [0.25, 0.3) is 0 Å². The van der Waals surface area contributed by atoms with Gasteiger partial charge in [-0.05, 0) is 156 Å². The molecule has 51 heavy (non-hydrogen) atoms. The van der Waals surface area contributed by atoms with Crippen LogP contribution in [0.2, 0.25) is 0 Å². The Bertz CT molecular complexity index is 1600. The average Bonchev–Trinajstić information content (AvgIpc) is 3.72. The molecule has 6 aliphatic rings. The van der Waals surface area contributed by atoms with E-state index in [0.717, 1.165) is 76.3 Å². The van der Waals surface area contributed by atoms with Crippen LogP contribution in [0.5, 0.6) is 0 Å². The topological polar surface area (TPSA) is 106 Å². The van der Waals surface area contributed by atoms with Crippen molar-refractivity contribution in [3.63, 3.8) is 0 Å². The SMILES string of the molecule is C=C(C)C1CCC2(C(=O)NC3(c4ccccn4)CC3)CC[C@]3(C)C(CCC4C5(C)CCC(OC(=O)CC(C)(C)C(=O)O)C(C)(C)C5CCC43C)C12. The van der Waals surface area contributed by atoms with Gasteiger partial charge in [0.1, 0.15) is 6.10 Å². The van der Waals surface area contributed by atoms with E-state index in [1.807, 2.05) is 18.3 Å². The number of pyridine rings is 1. The van der Waals surface area contributed by atoms with Gasteiger partial charge in [-0.15, -0.1) is 0 Å². The van der Waals surface area contributed by atoms with E-state index in [2.05, 4.69) is 64.5 Å². The van der Waals surface area contributed by atoms with Crippen LogP contribution in [0.1, 0.15) is 145 Å². The summed E-state index contributed by atoms with van der Waals surface area (Å²) in [4.78, 5) is 44.4. The third-order valence-electron chi connectivity index (χ3n) is 17.2. The lowest BCUT2D eigenvalue weighted by Gasteiger charge is -2.72. The molecule has 2 N–H and O–H groups in total. The highest BCUT2D eigenvalue weighted by Crippen LogP contribution is 2.77. The molecule has 1 aromatic heterocycles. The standard InChI is InChI=1S/C44H64N2O5/c1-27(2)28-15-20-43(36(48)46-44(23-24-44)32-12-10-11-25-45-32)22-21-41(8)29(35(28)43)13-14-31-40(7)18-17-33(51-34(47)26-38(3,4)37(49)50)39(5,6)30(40)16-19-42(31,41)9/h10-12,25,28-31,33,35H,1,13-24,26H2,2-9H3,(H,46,48)(H,49,50)/t28?,29?,30?,31?,33?,35?,40?,41-,42?,43?/m1/s1. The van der Waals surface area contributed by atoms with Crippen molar-refractivity contribution in [2.45, 2.75) is 151 Å². The molecule has 0 aliphatic heterocycles. The summed E-state index contributed by atoms with van der Waals surface area (Å²) in [6.07, 6.45) is 13.8. The Hall–Kier alpha value is -2.70. The Morgan fingerprint density at radius 2 is 1.63 bits per heavy atom. The summed E-state index contributed by atoms with van der Waals surface area (Å²) in [6, 6.07) is 6.06. The van der Waals surface area contributed by atoms with Crippen LogP contribution < -0.4 is 5.32 Å². The first kappa shape index (κ1) is 36.6. The quantitative estimate of drug-likeness (QED) is 0.207. The summed E-state index contributed by atoms with van der Waals surface area (Å²) in [5.41, 5.74) is 0.578. The van der Waals surface area contributed by atoms with E-state index >= 15 is 0 Å². The van der Waals surface area contributed by atoms with Crippen LogP contribution in [0, 0.1) is 62.1 Å². The van der Waals surface area contributed by atoms with E-state index in [0.29, 0.717) is 29.6 Å². The molecule has 6 saturated carbocycles. The van der Waals surface area contributed by atoms with Crippen LogP contribution in [-0.2, 0) is 24.7 Å². The van der Waals surface area contributed by atoms with E-state index in [9.17, 15) is 19.5 Å². The zero-order valence-electron chi connectivity index (χ0n) is 32.7. The smallest absolute Gasteiger partial charge is 0.309 e. The molecule has 6 fully saturated rings. The Kier molecular flexibility index (Phi) is 8.55. The first-order valence-electron chi connectivity index (χ1n) is 20.1. The molecule has 0 radical (unpaired) electrons. The minimum absolute atomic E-state index is 0.115. The van der Waals surface area contributed by atoms with Crippen molar-refractivity contribution in [2.24, 2.45) is 62.1 Å². The second-order valence-electron chi connectivity index (χ2n) is 20.3. The molecule has 9 unspecified atom stereocenters. The largest absolute Gasteiger partial charge is 0.481 e. The first-order valence-corrected chi connectivity index (χ1v) is 20.1. The van der Waals surface area contributed by atoms with Crippen molar-refractivity contribution < 1.29 is 24.2 Å². The first-order chi connectivity index (χ1) is 23.8. The maximum absolute atomic E-state index is 14.8. The fourth-order valence-electron chi connectivity index (χ4n) is 13.9. The fourth-order valence-corrected chi connectivity index (χ4v) is 13.9. The van der Waals surface area contributed by atoms with Gasteiger partial charge in [-0.2, -0.15) is 0 Å². The molecule has 10 atom stereocenters. The Balaban J connectivity index is 1.15. The van der Waals surface area contributed by atoms with Gasteiger partial charge in [-0.3, -0.25) is 19.4 Å². The number of carboxylic acid groups (broad SMARTS) is 1. The Morgan fingerprint density at radius 1 is 0.902 bits per heavy atom. The molecule has 7 heteroatoms. The maximum atomic E-state index is 14.8. The van der Waals surface area contributed by atoms with E-state index in [4.69, 9.17) is 4.74 Å². The summed E-state index contributed by atoms with van der Waals surface area (Å²) in [5, 5.41) is 13.3. The van der Waals surface area contributed by atoms with Crippen LogP contribution in [0.3, 0.4) is 0 Å². The van der Waals surface area contributed by atoms with Crippen LogP contribution in [0.25, 0.3) is 0 Å². The van der Waals surface area contributed by atoms with Crippen molar-refractivity contribution in [1.82, 2.24) is 10.3 Å². The normalized spacial score (nSPS) is 41.9. The molecule has 6 aliphatic carbocycles. The Morgan fingerprint density at radius 3 is 2.25 bits per heavy atom. The highest BCUT2D eigenvalue weighted by molar-refractivity contribution is 5.85. The van der Waals surface area contributed by atoms with Gasteiger partial charge >= 0.3 is 11.9 Å². The zero-order chi connectivity index (χ0) is 37.0. The van der Waals surface area contributed by atoms with Crippen LogP contribution >= 0.6 is 0 Å². The number of hydrogen-bond donors (Lipinski definition) is 2. The summed E-state index contributed by atoms with van der Waals surface area (Å²) in [5.74, 6) is 0.994. The van der Waals surface area contributed by atoms with E-state index in [1.165, 1.54) is 12.0 Å². The molecular formula is C44H64N2O5. The molecule has 7 rings (SSSR count). The molecule has 0 bridgehead atoms. The van der Waals surface area contributed by atoms with Gasteiger partial charge in [0.2, 0.25) is 5.91 Å². The van der Waals surface area contributed by atoms with Gasteiger partial charge in [-0.25, -0.2) is 0 Å². The number of nitrogens with one attached hydrogen (secondary N) is 1. The second kappa shape index (κ2) is 11.9. The number of carbonyl (C=O) groups excluding carboxylic acids is 2. The molecule has 0 spiro atoms. The number of aliphatic carboxylic acids is 1. The number of hydrogen-bond acceptors (Lipinski definition) is 5. The predicted molar refractivity (Wildman–Crippen MR) is 198 cm³/mol. The lowest BCUT2D eigenvalue weighted by Crippen LogP contribution is -2.67. The van der Waals surface area contributed by atoms with Crippen molar-refractivity contribution in [2.75, 3.05) is 0 Å². The number of amides is 1. The lowest BCUT2D eigenvalue weighted by molar-refractivity contribution is -0.249. The molecular weight excluding hydrogens is 636 g/mol. The van der Waals surface area contributed by atoms with Crippen LogP contribution in [-0.4, -0.2) is 34.0 Å². The van der Waals surface area contributed by atoms with Gasteiger partial charge in [0, 0.05) is 11.6 Å². The minimum atomic E-state index is -1.15. The number of carboxylic acids is 1. The molecule has 1 heterocycles. The number of allylic oxidation sites excluding steroid dienone is 1. The molecule has 1 amide bonds.